The number of anilines is 1. The average Bonchev–Trinajstić information content (AvgIpc) is 2.87. The van der Waals surface area contributed by atoms with Crippen molar-refractivity contribution in [2.45, 2.75) is 18.2 Å². The van der Waals surface area contributed by atoms with Gasteiger partial charge in [-0.15, -0.1) is 0 Å². The van der Waals surface area contributed by atoms with Gasteiger partial charge in [0.05, 0.1) is 5.02 Å². The monoisotopic (exact) mass is 318 g/mol. The van der Waals surface area contributed by atoms with Crippen molar-refractivity contribution in [2.75, 3.05) is 31.9 Å². The van der Waals surface area contributed by atoms with Gasteiger partial charge in [-0.2, -0.15) is 0 Å². The second-order valence-corrected chi connectivity index (χ2v) is 7.11. The van der Waals surface area contributed by atoms with Crippen molar-refractivity contribution >= 4 is 27.4 Å². The number of hydrogen-bond acceptors (Lipinski definition) is 5. The molecule has 1 aromatic heterocycles. The predicted molar refractivity (Wildman–Crippen MR) is 79.1 cm³/mol. The highest BCUT2D eigenvalue weighted by molar-refractivity contribution is 7.89. The Morgan fingerprint density at radius 1 is 1.60 bits per heavy atom. The minimum absolute atomic E-state index is 0.0436. The Hall–Kier alpha value is -0.890. The quantitative estimate of drug-likeness (QED) is 0.843. The molecule has 0 saturated carbocycles. The summed E-state index contributed by atoms with van der Waals surface area (Å²) in [5.41, 5.74) is 5.47. The van der Waals surface area contributed by atoms with Gasteiger partial charge in [0.1, 0.15) is 10.7 Å². The van der Waals surface area contributed by atoms with Gasteiger partial charge in [-0.25, -0.2) is 18.1 Å². The van der Waals surface area contributed by atoms with Crippen molar-refractivity contribution < 1.29 is 8.42 Å². The van der Waals surface area contributed by atoms with Gasteiger partial charge in [-0.05, 0) is 31.5 Å². The summed E-state index contributed by atoms with van der Waals surface area (Å²) >= 11 is 5.80. The normalized spacial score (nSPS) is 20.4. The summed E-state index contributed by atoms with van der Waals surface area (Å²) in [7, 11) is -3.58. The van der Waals surface area contributed by atoms with Crippen LogP contribution in [-0.2, 0) is 10.0 Å². The van der Waals surface area contributed by atoms with Gasteiger partial charge in [-0.3, -0.25) is 0 Å². The fourth-order valence-corrected chi connectivity index (χ4v) is 3.57. The lowest BCUT2D eigenvalue weighted by molar-refractivity contribution is 0.342. The van der Waals surface area contributed by atoms with E-state index in [1.807, 2.05) is 0 Å². The van der Waals surface area contributed by atoms with Crippen molar-refractivity contribution in [1.29, 1.82) is 0 Å². The molecule has 1 saturated heterocycles. The van der Waals surface area contributed by atoms with Gasteiger partial charge in [0.15, 0.2) is 0 Å². The molecule has 6 nitrogen and oxygen atoms in total. The van der Waals surface area contributed by atoms with Crippen LogP contribution >= 0.6 is 11.6 Å². The summed E-state index contributed by atoms with van der Waals surface area (Å²) in [6, 6.07) is 1.32. The third-order valence-electron chi connectivity index (χ3n) is 3.53. The fraction of sp³-hybridized carbons (Fsp3) is 0.583. The van der Waals surface area contributed by atoms with Crippen LogP contribution in [0.15, 0.2) is 17.2 Å². The second-order valence-electron chi connectivity index (χ2n) is 4.94. The SMILES string of the molecule is CCN1CCC(CNS(=O)(=O)c2cnc(N)c(Cl)c2)C1. The van der Waals surface area contributed by atoms with Gasteiger partial charge in [0.2, 0.25) is 10.0 Å². The van der Waals surface area contributed by atoms with Gasteiger partial charge in [0, 0.05) is 19.3 Å². The molecule has 1 atom stereocenters. The topological polar surface area (TPSA) is 88.3 Å². The third-order valence-corrected chi connectivity index (χ3v) is 5.23. The lowest BCUT2D eigenvalue weighted by atomic mass is 10.1. The molecule has 1 unspecified atom stereocenters. The van der Waals surface area contributed by atoms with E-state index in [9.17, 15) is 8.42 Å². The number of likely N-dealkylation sites (tertiary alicyclic amines) is 1. The van der Waals surface area contributed by atoms with Crippen LogP contribution in [0.4, 0.5) is 5.82 Å². The van der Waals surface area contributed by atoms with E-state index in [4.69, 9.17) is 17.3 Å². The molecule has 0 radical (unpaired) electrons. The molecule has 3 N–H and O–H groups in total. The zero-order valence-corrected chi connectivity index (χ0v) is 12.9. The Bertz CT molecular complexity index is 579. The van der Waals surface area contributed by atoms with Crippen molar-refractivity contribution in [3.8, 4) is 0 Å². The molecule has 1 fully saturated rings. The molecule has 0 spiro atoms. The fourth-order valence-electron chi connectivity index (χ4n) is 2.26. The zero-order valence-electron chi connectivity index (χ0n) is 11.3. The molecular formula is C12H19ClN4O2S. The van der Waals surface area contributed by atoms with Crippen LogP contribution in [0.1, 0.15) is 13.3 Å². The average molecular weight is 319 g/mol. The Balaban J connectivity index is 1.99. The zero-order chi connectivity index (χ0) is 14.8. The van der Waals surface area contributed by atoms with Crippen LogP contribution in [0.5, 0.6) is 0 Å². The summed E-state index contributed by atoms with van der Waals surface area (Å²) in [6.07, 6.45) is 2.23. The highest BCUT2D eigenvalue weighted by Gasteiger charge is 2.24. The maximum atomic E-state index is 12.1. The maximum absolute atomic E-state index is 12.1. The number of nitrogens with one attached hydrogen (secondary N) is 1. The van der Waals surface area contributed by atoms with E-state index in [1.54, 1.807) is 0 Å². The van der Waals surface area contributed by atoms with E-state index in [-0.39, 0.29) is 15.7 Å². The molecule has 8 heteroatoms. The lowest BCUT2D eigenvalue weighted by Crippen LogP contribution is -2.31. The van der Waals surface area contributed by atoms with Crippen LogP contribution < -0.4 is 10.5 Å². The van der Waals surface area contributed by atoms with E-state index in [0.29, 0.717) is 12.5 Å². The number of nitrogens with zero attached hydrogens (tertiary/aromatic N) is 2. The van der Waals surface area contributed by atoms with Crippen LogP contribution in [0.3, 0.4) is 0 Å². The van der Waals surface area contributed by atoms with Crippen molar-refractivity contribution in [3.05, 3.63) is 17.3 Å². The number of hydrogen-bond donors (Lipinski definition) is 2. The molecule has 20 heavy (non-hydrogen) atoms. The van der Waals surface area contributed by atoms with Crippen LogP contribution in [-0.4, -0.2) is 44.5 Å². The van der Waals surface area contributed by atoms with E-state index < -0.39 is 10.0 Å². The van der Waals surface area contributed by atoms with E-state index in [0.717, 1.165) is 26.1 Å². The number of nitrogens with two attached hydrogens (primary N) is 1. The summed E-state index contributed by atoms with van der Waals surface area (Å²) in [6.45, 7) is 5.49. The summed E-state index contributed by atoms with van der Waals surface area (Å²) in [5.74, 6) is 0.474. The molecule has 1 aliphatic rings. The van der Waals surface area contributed by atoms with E-state index in [2.05, 4.69) is 21.5 Å². The number of rotatable bonds is 5. The predicted octanol–water partition coefficient (Wildman–Crippen LogP) is 0.937. The van der Waals surface area contributed by atoms with Gasteiger partial charge >= 0.3 is 0 Å². The first-order valence-electron chi connectivity index (χ1n) is 6.55. The Morgan fingerprint density at radius 3 is 2.95 bits per heavy atom. The van der Waals surface area contributed by atoms with Crippen molar-refractivity contribution in [2.24, 2.45) is 5.92 Å². The number of aromatic nitrogens is 1. The number of nitrogen functional groups attached to an aromatic ring is 1. The molecular weight excluding hydrogens is 300 g/mol. The number of halogens is 1. The Kier molecular flexibility index (Phi) is 4.85. The van der Waals surface area contributed by atoms with Gasteiger partial charge < -0.3 is 10.6 Å². The molecule has 0 amide bonds. The van der Waals surface area contributed by atoms with Crippen molar-refractivity contribution in [1.82, 2.24) is 14.6 Å². The molecule has 0 bridgehead atoms. The smallest absolute Gasteiger partial charge is 0.242 e. The first-order valence-corrected chi connectivity index (χ1v) is 8.41. The largest absolute Gasteiger partial charge is 0.382 e. The van der Waals surface area contributed by atoms with Crippen LogP contribution in [0, 0.1) is 5.92 Å². The molecule has 2 rings (SSSR count). The molecule has 1 aliphatic heterocycles. The van der Waals surface area contributed by atoms with Crippen LogP contribution in [0.2, 0.25) is 5.02 Å². The number of sulfonamides is 1. The Labute approximate surface area is 124 Å². The minimum atomic E-state index is -3.58. The van der Waals surface area contributed by atoms with Crippen molar-refractivity contribution in [3.63, 3.8) is 0 Å². The molecule has 112 valence electrons. The molecule has 0 aliphatic carbocycles. The highest BCUT2D eigenvalue weighted by atomic mass is 35.5. The summed E-state index contributed by atoms with van der Waals surface area (Å²) < 4.78 is 26.9. The molecule has 1 aromatic rings. The highest BCUT2D eigenvalue weighted by Crippen LogP contribution is 2.20. The maximum Gasteiger partial charge on any atom is 0.242 e. The minimum Gasteiger partial charge on any atom is -0.382 e. The van der Waals surface area contributed by atoms with E-state index >= 15 is 0 Å². The third kappa shape index (κ3) is 3.60. The second kappa shape index (κ2) is 6.26. The van der Waals surface area contributed by atoms with Gasteiger partial charge in [0.25, 0.3) is 0 Å². The number of pyridine rings is 1. The lowest BCUT2D eigenvalue weighted by Gasteiger charge is -2.14. The molecule has 0 aromatic carbocycles. The van der Waals surface area contributed by atoms with Crippen LogP contribution in [0.25, 0.3) is 0 Å². The Morgan fingerprint density at radius 2 is 2.35 bits per heavy atom. The summed E-state index contributed by atoms with van der Waals surface area (Å²) in [4.78, 5) is 6.12. The van der Waals surface area contributed by atoms with E-state index in [1.165, 1.54) is 12.3 Å². The standard InChI is InChI=1S/C12H19ClN4O2S/c1-2-17-4-3-9(8-17)6-16-20(18,19)10-5-11(13)12(14)15-7-10/h5,7,9,16H,2-4,6,8H2,1H3,(H2,14,15). The first-order chi connectivity index (χ1) is 9.42. The first kappa shape index (κ1) is 15.5. The summed E-state index contributed by atoms with van der Waals surface area (Å²) in [5, 5.41) is 0.144. The van der Waals surface area contributed by atoms with Gasteiger partial charge in [-0.1, -0.05) is 18.5 Å². The molecule has 2 heterocycles.